The number of urea groups is 1. The maximum Gasteiger partial charge on any atom is 0.325 e. The van der Waals surface area contributed by atoms with Crippen LogP contribution in [0.25, 0.3) is 22.2 Å². The molecule has 0 saturated carbocycles. The van der Waals surface area contributed by atoms with E-state index in [2.05, 4.69) is 15.5 Å². The van der Waals surface area contributed by atoms with E-state index in [0.29, 0.717) is 5.82 Å². The molecule has 29 heavy (non-hydrogen) atoms. The third kappa shape index (κ3) is 2.89. The van der Waals surface area contributed by atoms with Crippen LogP contribution in [0.15, 0.2) is 63.8 Å². The van der Waals surface area contributed by atoms with Crippen LogP contribution >= 0.6 is 11.3 Å². The first kappa shape index (κ1) is 17.6. The van der Waals surface area contributed by atoms with Gasteiger partial charge in [0, 0.05) is 10.9 Å². The van der Waals surface area contributed by atoms with E-state index < -0.39 is 11.6 Å². The van der Waals surface area contributed by atoms with E-state index in [9.17, 15) is 9.59 Å². The van der Waals surface area contributed by atoms with Gasteiger partial charge in [0.1, 0.15) is 12.1 Å². The Balaban J connectivity index is 1.43. The predicted octanol–water partition coefficient (Wildman–Crippen LogP) is 3.92. The summed E-state index contributed by atoms with van der Waals surface area (Å²) in [6.45, 7) is 1.63. The smallest absolute Gasteiger partial charge is 0.325 e. The van der Waals surface area contributed by atoms with Crippen LogP contribution in [0.5, 0.6) is 0 Å². The maximum absolute atomic E-state index is 13.2. The lowest BCUT2D eigenvalue weighted by Gasteiger charge is -2.22. The number of nitrogens with zero attached hydrogens (tertiary/aromatic N) is 3. The fourth-order valence-corrected chi connectivity index (χ4v) is 4.13. The molecule has 3 heterocycles. The van der Waals surface area contributed by atoms with E-state index in [0.717, 1.165) is 26.8 Å². The Morgan fingerprint density at radius 2 is 1.97 bits per heavy atom. The van der Waals surface area contributed by atoms with Gasteiger partial charge in [0.2, 0.25) is 11.7 Å². The number of fused-ring (bicyclic) bond motifs is 1. The second kappa shape index (κ2) is 6.52. The molecule has 144 valence electrons. The summed E-state index contributed by atoms with van der Waals surface area (Å²) < 4.78 is 5.25. The van der Waals surface area contributed by atoms with E-state index in [-0.39, 0.29) is 18.3 Å². The van der Waals surface area contributed by atoms with Crippen LogP contribution in [0, 0.1) is 0 Å². The summed E-state index contributed by atoms with van der Waals surface area (Å²) in [4.78, 5) is 31.2. The Labute approximate surface area is 170 Å². The Morgan fingerprint density at radius 1 is 1.14 bits per heavy atom. The van der Waals surface area contributed by atoms with Crippen LogP contribution in [0.2, 0.25) is 0 Å². The largest absolute Gasteiger partial charge is 0.337 e. The number of carbonyl (C=O) groups excluding carboxylic acids is 2. The minimum Gasteiger partial charge on any atom is -0.337 e. The first-order chi connectivity index (χ1) is 14.0. The first-order valence-electron chi connectivity index (χ1n) is 9.03. The van der Waals surface area contributed by atoms with Gasteiger partial charge in [-0.15, -0.1) is 0 Å². The van der Waals surface area contributed by atoms with Crippen molar-refractivity contribution >= 4 is 34.0 Å². The van der Waals surface area contributed by atoms with Gasteiger partial charge >= 0.3 is 6.03 Å². The number of amides is 3. The lowest BCUT2D eigenvalue weighted by atomic mass is 9.90. The molecule has 1 saturated heterocycles. The van der Waals surface area contributed by atoms with Gasteiger partial charge in [-0.2, -0.15) is 16.3 Å². The van der Waals surface area contributed by atoms with Gasteiger partial charge in [0.15, 0.2) is 0 Å². The van der Waals surface area contributed by atoms with Crippen molar-refractivity contribution in [1.82, 2.24) is 20.4 Å². The summed E-state index contributed by atoms with van der Waals surface area (Å²) in [7, 11) is 0. The van der Waals surface area contributed by atoms with Crippen molar-refractivity contribution in [2.45, 2.75) is 19.0 Å². The number of aromatic nitrogens is 2. The van der Waals surface area contributed by atoms with Crippen LogP contribution in [-0.2, 0) is 16.9 Å². The second-order valence-corrected chi connectivity index (χ2v) is 7.81. The summed E-state index contributed by atoms with van der Waals surface area (Å²) in [6.07, 6.45) is 0. The van der Waals surface area contributed by atoms with Crippen molar-refractivity contribution in [3.05, 3.63) is 70.7 Å². The molecule has 8 heteroatoms. The van der Waals surface area contributed by atoms with Gasteiger partial charge in [0.25, 0.3) is 5.91 Å². The van der Waals surface area contributed by atoms with E-state index in [4.69, 9.17) is 4.52 Å². The molecular formula is C21H16N4O3S. The SMILES string of the molecule is C[C@]1(c2ccc3ccccc3c2)NC(=O)N(Cc2nc(-c3ccsc3)no2)C1=O. The molecule has 1 aliphatic heterocycles. The van der Waals surface area contributed by atoms with Crippen LogP contribution in [-0.4, -0.2) is 27.0 Å². The number of imide groups is 1. The fourth-order valence-electron chi connectivity index (χ4n) is 3.50. The lowest BCUT2D eigenvalue weighted by Crippen LogP contribution is -2.40. The molecule has 1 atom stereocenters. The highest BCUT2D eigenvalue weighted by atomic mass is 32.1. The Hall–Kier alpha value is -3.52. The van der Waals surface area contributed by atoms with Crippen molar-refractivity contribution in [2.75, 3.05) is 0 Å². The molecular weight excluding hydrogens is 388 g/mol. The zero-order chi connectivity index (χ0) is 20.0. The number of hydrogen-bond donors (Lipinski definition) is 1. The molecule has 2 aromatic carbocycles. The zero-order valence-corrected chi connectivity index (χ0v) is 16.3. The normalized spacial score (nSPS) is 19.1. The number of benzene rings is 2. The summed E-state index contributed by atoms with van der Waals surface area (Å²) in [5, 5.41) is 12.6. The third-order valence-corrected chi connectivity index (χ3v) is 5.83. The van der Waals surface area contributed by atoms with E-state index >= 15 is 0 Å². The topological polar surface area (TPSA) is 88.3 Å². The Kier molecular flexibility index (Phi) is 3.95. The van der Waals surface area contributed by atoms with Gasteiger partial charge in [0.05, 0.1) is 0 Å². The van der Waals surface area contributed by atoms with Crippen molar-refractivity contribution < 1.29 is 14.1 Å². The Bertz CT molecular complexity index is 1230. The molecule has 7 nitrogen and oxygen atoms in total. The first-order valence-corrected chi connectivity index (χ1v) is 9.97. The summed E-state index contributed by atoms with van der Waals surface area (Å²) in [5.41, 5.74) is 0.405. The molecule has 0 unspecified atom stereocenters. The van der Waals surface area contributed by atoms with Crippen molar-refractivity contribution in [2.24, 2.45) is 0 Å². The molecule has 1 aliphatic rings. The molecule has 4 aromatic rings. The number of hydrogen-bond acceptors (Lipinski definition) is 6. The zero-order valence-electron chi connectivity index (χ0n) is 15.5. The van der Waals surface area contributed by atoms with Crippen molar-refractivity contribution in [3.63, 3.8) is 0 Å². The number of nitrogens with one attached hydrogen (secondary N) is 1. The van der Waals surface area contributed by atoms with E-state index in [1.54, 1.807) is 6.92 Å². The van der Waals surface area contributed by atoms with Gasteiger partial charge in [-0.25, -0.2) is 4.79 Å². The minimum atomic E-state index is -1.16. The molecule has 0 radical (unpaired) electrons. The molecule has 1 N–H and O–H groups in total. The highest BCUT2D eigenvalue weighted by Crippen LogP contribution is 2.32. The molecule has 0 spiro atoms. The molecule has 3 amide bonds. The van der Waals surface area contributed by atoms with Gasteiger partial charge in [-0.05, 0) is 40.8 Å². The fraction of sp³-hybridized carbons (Fsp3) is 0.143. The van der Waals surface area contributed by atoms with Crippen LogP contribution in [0.4, 0.5) is 4.79 Å². The van der Waals surface area contributed by atoms with E-state index in [1.807, 2.05) is 59.3 Å². The van der Waals surface area contributed by atoms with Crippen LogP contribution in [0.3, 0.4) is 0 Å². The predicted molar refractivity (Wildman–Crippen MR) is 108 cm³/mol. The summed E-state index contributed by atoms with van der Waals surface area (Å²) in [5.74, 6) is 0.288. The quantitative estimate of drug-likeness (QED) is 0.521. The standard InChI is InChI=1S/C21H16N4O3S/c1-21(16-7-6-13-4-2-3-5-14(13)10-16)19(26)25(20(27)23-21)11-17-22-18(24-28-17)15-8-9-29-12-15/h2-10,12H,11H2,1H3,(H,23,27)/t21-/m1/s1. The number of rotatable bonds is 4. The summed E-state index contributed by atoms with van der Waals surface area (Å²) >= 11 is 1.53. The highest BCUT2D eigenvalue weighted by molar-refractivity contribution is 7.08. The number of thiophene rings is 1. The Morgan fingerprint density at radius 3 is 2.76 bits per heavy atom. The van der Waals surface area contributed by atoms with Crippen LogP contribution < -0.4 is 5.32 Å². The van der Waals surface area contributed by atoms with E-state index in [1.165, 1.54) is 11.3 Å². The molecule has 1 fully saturated rings. The molecule has 0 bridgehead atoms. The number of carbonyl (C=O) groups is 2. The average molecular weight is 404 g/mol. The average Bonchev–Trinajstić information content (AvgIpc) is 3.46. The van der Waals surface area contributed by atoms with Crippen molar-refractivity contribution in [1.29, 1.82) is 0 Å². The van der Waals surface area contributed by atoms with Gasteiger partial charge < -0.3 is 9.84 Å². The monoisotopic (exact) mass is 404 g/mol. The third-order valence-electron chi connectivity index (χ3n) is 5.14. The minimum absolute atomic E-state index is 0.0784. The molecule has 0 aliphatic carbocycles. The maximum atomic E-state index is 13.2. The molecule has 2 aromatic heterocycles. The lowest BCUT2D eigenvalue weighted by molar-refractivity contribution is -0.131. The summed E-state index contributed by atoms with van der Waals surface area (Å²) in [6, 6.07) is 15.0. The van der Waals surface area contributed by atoms with Crippen LogP contribution in [0.1, 0.15) is 18.4 Å². The van der Waals surface area contributed by atoms with Crippen molar-refractivity contribution in [3.8, 4) is 11.4 Å². The van der Waals surface area contributed by atoms with Gasteiger partial charge in [-0.1, -0.05) is 41.6 Å². The second-order valence-electron chi connectivity index (χ2n) is 7.03. The van der Waals surface area contributed by atoms with Gasteiger partial charge in [-0.3, -0.25) is 9.69 Å². The molecule has 5 rings (SSSR count). The highest BCUT2D eigenvalue weighted by Gasteiger charge is 2.49.